The Labute approximate surface area is 149 Å². The van der Waals surface area contributed by atoms with Gasteiger partial charge in [-0.15, -0.1) is 11.8 Å². The average Bonchev–Trinajstić information content (AvgIpc) is 3.04. The molecule has 4 rings (SSSR count). The highest BCUT2D eigenvalue weighted by Gasteiger charge is 2.73. The summed E-state index contributed by atoms with van der Waals surface area (Å²) in [4.78, 5) is 14.6. The Kier molecular flexibility index (Phi) is 3.54. The van der Waals surface area contributed by atoms with Crippen LogP contribution in [0.5, 0.6) is 0 Å². The minimum absolute atomic E-state index is 0.00766. The number of carbonyl (C=O) groups is 1. The van der Waals surface area contributed by atoms with Crippen LogP contribution in [0.25, 0.3) is 0 Å². The Morgan fingerprint density at radius 2 is 1.79 bits per heavy atom. The SMILES string of the molecule is CC1(C)CC(=O)[C@]2(CSc3ccccc3)C[C@]3(C)O[C@]3(C)C[C@H]2C1. The number of hydrogen-bond acceptors (Lipinski definition) is 3. The topological polar surface area (TPSA) is 29.6 Å². The van der Waals surface area contributed by atoms with Crippen molar-refractivity contribution in [2.75, 3.05) is 5.75 Å². The molecule has 2 saturated carbocycles. The van der Waals surface area contributed by atoms with Crippen molar-refractivity contribution in [1.82, 2.24) is 0 Å². The van der Waals surface area contributed by atoms with Crippen molar-refractivity contribution in [3.05, 3.63) is 30.3 Å². The van der Waals surface area contributed by atoms with Crippen molar-refractivity contribution >= 4 is 17.5 Å². The number of hydrogen-bond donors (Lipinski definition) is 0. The number of fused-ring (bicyclic) bond motifs is 2. The highest BCUT2D eigenvalue weighted by molar-refractivity contribution is 7.99. The van der Waals surface area contributed by atoms with E-state index in [1.54, 1.807) is 0 Å². The minimum Gasteiger partial charge on any atom is -0.363 e. The maximum atomic E-state index is 13.3. The second-order valence-corrected chi connectivity index (χ2v) is 10.4. The molecule has 0 N–H and O–H groups in total. The molecule has 0 radical (unpaired) electrons. The molecular formula is C21H28O2S. The summed E-state index contributed by atoms with van der Waals surface area (Å²) < 4.78 is 6.18. The molecule has 24 heavy (non-hydrogen) atoms. The van der Waals surface area contributed by atoms with E-state index in [0.29, 0.717) is 18.1 Å². The third-order valence-corrected chi connectivity index (χ3v) is 8.10. The first-order valence-electron chi connectivity index (χ1n) is 9.10. The first-order valence-corrected chi connectivity index (χ1v) is 10.1. The zero-order chi connectivity index (χ0) is 17.2. The first kappa shape index (κ1) is 16.7. The van der Waals surface area contributed by atoms with Gasteiger partial charge in [-0.2, -0.15) is 0 Å². The Bertz CT molecular complexity index is 670. The molecule has 3 heteroatoms. The van der Waals surface area contributed by atoms with Crippen LogP contribution in [-0.4, -0.2) is 22.7 Å². The van der Waals surface area contributed by atoms with E-state index in [4.69, 9.17) is 4.74 Å². The molecule has 2 aliphatic carbocycles. The number of ketones is 1. The predicted molar refractivity (Wildman–Crippen MR) is 98.2 cm³/mol. The van der Waals surface area contributed by atoms with Crippen LogP contribution in [0.3, 0.4) is 0 Å². The molecule has 0 unspecified atom stereocenters. The van der Waals surface area contributed by atoms with Crippen molar-refractivity contribution in [3.63, 3.8) is 0 Å². The Morgan fingerprint density at radius 3 is 2.50 bits per heavy atom. The molecule has 0 aromatic heterocycles. The van der Waals surface area contributed by atoms with Gasteiger partial charge < -0.3 is 4.74 Å². The monoisotopic (exact) mass is 344 g/mol. The molecule has 3 fully saturated rings. The third-order valence-electron chi connectivity index (χ3n) is 6.83. The van der Waals surface area contributed by atoms with Crippen LogP contribution in [0.1, 0.15) is 53.4 Å². The van der Waals surface area contributed by atoms with Crippen LogP contribution in [0.15, 0.2) is 35.2 Å². The highest BCUT2D eigenvalue weighted by atomic mass is 32.2. The molecule has 4 atom stereocenters. The van der Waals surface area contributed by atoms with E-state index < -0.39 is 0 Å². The molecule has 0 spiro atoms. The summed E-state index contributed by atoms with van der Waals surface area (Å²) in [6.07, 6.45) is 3.79. The fourth-order valence-electron chi connectivity index (χ4n) is 5.29. The van der Waals surface area contributed by atoms with Gasteiger partial charge in [0, 0.05) is 22.5 Å². The van der Waals surface area contributed by atoms with Crippen molar-refractivity contribution in [2.24, 2.45) is 16.7 Å². The molecule has 2 nitrogen and oxygen atoms in total. The standard InChI is InChI=1S/C21H28O2S/c1-18(2)10-15-11-19(3)20(4,23-19)13-21(15,17(22)12-18)14-24-16-8-6-5-7-9-16/h5-9,15H,10-14H2,1-4H3/t15-,19-,20+,21+/m1/s1. The van der Waals surface area contributed by atoms with Crippen LogP contribution >= 0.6 is 11.8 Å². The van der Waals surface area contributed by atoms with Crippen LogP contribution in [0.4, 0.5) is 0 Å². The largest absolute Gasteiger partial charge is 0.363 e. The summed E-state index contributed by atoms with van der Waals surface area (Å²) in [5.74, 6) is 1.82. The van der Waals surface area contributed by atoms with Gasteiger partial charge in [-0.25, -0.2) is 0 Å². The van der Waals surface area contributed by atoms with E-state index in [-0.39, 0.29) is 22.0 Å². The number of epoxide rings is 1. The quantitative estimate of drug-likeness (QED) is 0.563. The van der Waals surface area contributed by atoms with E-state index in [2.05, 4.69) is 52.0 Å². The van der Waals surface area contributed by atoms with E-state index >= 15 is 0 Å². The van der Waals surface area contributed by atoms with Gasteiger partial charge in [0.05, 0.1) is 11.2 Å². The highest BCUT2D eigenvalue weighted by Crippen LogP contribution is 2.68. The Hall–Kier alpha value is -0.800. The summed E-state index contributed by atoms with van der Waals surface area (Å²) in [5.41, 5.74) is -0.188. The van der Waals surface area contributed by atoms with E-state index in [9.17, 15) is 4.79 Å². The predicted octanol–water partition coefficient (Wildman–Crippen LogP) is 5.11. The molecule has 1 aromatic rings. The lowest BCUT2D eigenvalue weighted by atomic mass is 9.51. The summed E-state index contributed by atoms with van der Waals surface area (Å²) >= 11 is 1.85. The van der Waals surface area contributed by atoms with Crippen molar-refractivity contribution in [1.29, 1.82) is 0 Å². The molecule has 3 aliphatic rings. The summed E-state index contributed by atoms with van der Waals surface area (Å²) in [6, 6.07) is 10.5. The Balaban J connectivity index is 1.64. The van der Waals surface area contributed by atoms with E-state index in [0.717, 1.165) is 25.0 Å². The second kappa shape index (κ2) is 5.11. The number of rotatable bonds is 3. The van der Waals surface area contributed by atoms with Crippen LogP contribution in [0.2, 0.25) is 0 Å². The number of ether oxygens (including phenoxy) is 1. The van der Waals surface area contributed by atoms with Gasteiger partial charge in [0.25, 0.3) is 0 Å². The van der Waals surface area contributed by atoms with Gasteiger partial charge in [-0.1, -0.05) is 32.0 Å². The van der Waals surface area contributed by atoms with Crippen LogP contribution in [-0.2, 0) is 9.53 Å². The number of thioether (sulfide) groups is 1. The fourth-order valence-corrected chi connectivity index (χ4v) is 6.56. The summed E-state index contributed by atoms with van der Waals surface area (Å²) in [7, 11) is 0. The molecule has 130 valence electrons. The van der Waals surface area contributed by atoms with Crippen molar-refractivity contribution in [3.8, 4) is 0 Å². The van der Waals surface area contributed by atoms with Gasteiger partial charge in [-0.3, -0.25) is 4.79 Å². The lowest BCUT2D eigenvalue weighted by Crippen LogP contribution is -2.55. The van der Waals surface area contributed by atoms with Crippen molar-refractivity contribution in [2.45, 2.75) is 69.5 Å². The molecule has 1 aliphatic heterocycles. The summed E-state index contributed by atoms with van der Waals surface area (Å²) in [5, 5.41) is 0. The molecule has 1 aromatic carbocycles. The van der Waals surface area contributed by atoms with Gasteiger partial charge >= 0.3 is 0 Å². The van der Waals surface area contributed by atoms with E-state index in [1.807, 2.05) is 17.8 Å². The smallest absolute Gasteiger partial charge is 0.140 e. The second-order valence-electron chi connectivity index (χ2n) is 9.37. The lowest BCUT2D eigenvalue weighted by Gasteiger charge is -2.52. The first-order chi connectivity index (χ1) is 11.2. The molecular weight excluding hydrogens is 316 g/mol. The van der Waals surface area contributed by atoms with Gasteiger partial charge in [0.15, 0.2) is 0 Å². The maximum Gasteiger partial charge on any atom is 0.140 e. The number of Topliss-reactive ketones (excluding diaryl/α,β-unsaturated/α-hetero) is 1. The fraction of sp³-hybridized carbons (Fsp3) is 0.667. The molecule has 1 heterocycles. The van der Waals surface area contributed by atoms with Crippen LogP contribution < -0.4 is 0 Å². The molecule has 1 saturated heterocycles. The summed E-state index contributed by atoms with van der Waals surface area (Å²) in [6.45, 7) is 8.96. The van der Waals surface area contributed by atoms with Gasteiger partial charge in [0.1, 0.15) is 5.78 Å². The van der Waals surface area contributed by atoms with Gasteiger partial charge in [0.2, 0.25) is 0 Å². The van der Waals surface area contributed by atoms with Crippen molar-refractivity contribution < 1.29 is 9.53 Å². The number of carbonyl (C=O) groups excluding carboxylic acids is 1. The Morgan fingerprint density at radius 1 is 1.08 bits per heavy atom. The molecule has 0 amide bonds. The normalized spacial score (nSPS) is 43.0. The average molecular weight is 345 g/mol. The third kappa shape index (κ3) is 2.47. The zero-order valence-electron chi connectivity index (χ0n) is 15.2. The number of benzene rings is 1. The zero-order valence-corrected chi connectivity index (χ0v) is 16.0. The minimum atomic E-state index is -0.208. The van der Waals surface area contributed by atoms with Gasteiger partial charge in [-0.05, 0) is 56.6 Å². The van der Waals surface area contributed by atoms with E-state index in [1.165, 1.54) is 4.90 Å². The van der Waals surface area contributed by atoms with Crippen LogP contribution in [0, 0.1) is 16.7 Å². The molecule has 0 bridgehead atoms. The maximum absolute atomic E-state index is 13.3. The lowest BCUT2D eigenvalue weighted by molar-refractivity contribution is -0.142.